The molecule has 0 fully saturated rings. The molecule has 3 N–H and O–H groups in total. The van der Waals surface area contributed by atoms with Crippen molar-refractivity contribution in [1.29, 1.82) is 0 Å². The van der Waals surface area contributed by atoms with Gasteiger partial charge in [0.15, 0.2) is 0 Å². The van der Waals surface area contributed by atoms with Gasteiger partial charge in [-0.3, -0.25) is 0 Å². The Balaban J connectivity index is 1.95. The standard InChI is InChI=1S/C12H16N4O3S/c13-11(18)19-8-10-6-14-12(20-10)16-7-9(5-15-16)3-1-2-4-17/h5-7,17H,1-4,8H2,(H2,13,18). The molecule has 0 bridgehead atoms. The maximum atomic E-state index is 10.5. The number of aryl methyl sites for hydroxylation is 1. The van der Waals surface area contributed by atoms with Crippen molar-refractivity contribution in [3.8, 4) is 5.13 Å². The molecule has 0 aliphatic heterocycles. The number of unbranched alkanes of at least 4 members (excludes halogenated alkanes) is 1. The molecule has 0 aromatic carbocycles. The highest BCUT2D eigenvalue weighted by Gasteiger charge is 2.07. The molecule has 2 aromatic rings. The number of amides is 1. The first-order chi connectivity index (χ1) is 9.69. The van der Waals surface area contributed by atoms with Gasteiger partial charge in [0, 0.05) is 19.0 Å². The summed E-state index contributed by atoms with van der Waals surface area (Å²) in [5.41, 5.74) is 6.01. The summed E-state index contributed by atoms with van der Waals surface area (Å²) in [7, 11) is 0. The van der Waals surface area contributed by atoms with Crippen molar-refractivity contribution in [2.75, 3.05) is 6.61 Å². The molecule has 2 heterocycles. The van der Waals surface area contributed by atoms with Crippen molar-refractivity contribution in [1.82, 2.24) is 14.8 Å². The number of hydrogen-bond acceptors (Lipinski definition) is 6. The highest BCUT2D eigenvalue weighted by Crippen LogP contribution is 2.18. The predicted molar refractivity (Wildman–Crippen MR) is 73.6 cm³/mol. The molecule has 7 nitrogen and oxygen atoms in total. The average Bonchev–Trinajstić information content (AvgIpc) is 3.05. The summed E-state index contributed by atoms with van der Waals surface area (Å²) in [5.74, 6) is 0. The first kappa shape index (κ1) is 14.5. The molecule has 0 saturated carbocycles. The highest BCUT2D eigenvalue weighted by molar-refractivity contribution is 7.14. The third-order valence-electron chi connectivity index (χ3n) is 2.60. The lowest BCUT2D eigenvalue weighted by Crippen LogP contribution is -2.12. The van der Waals surface area contributed by atoms with Crippen LogP contribution in [0.1, 0.15) is 23.3 Å². The summed E-state index contributed by atoms with van der Waals surface area (Å²) in [5, 5.41) is 13.7. The number of carbonyl (C=O) groups is 1. The molecule has 0 saturated heterocycles. The van der Waals surface area contributed by atoms with Crippen LogP contribution < -0.4 is 5.73 Å². The second-order valence-electron chi connectivity index (χ2n) is 4.19. The third-order valence-corrected chi connectivity index (χ3v) is 3.56. The number of aromatic nitrogens is 3. The number of thiazole rings is 1. The van der Waals surface area contributed by atoms with Gasteiger partial charge in [-0.2, -0.15) is 5.10 Å². The maximum Gasteiger partial charge on any atom is 0.404 e. The Bertz CT molecular complexity index is 567. The average molecular weight is 296 g/mol. The molecule has 108 valence electrons. The quantitative estimate of drug-likeness (QED) is 0.748. The molecule has 2 rings (SSSR count). The molecule has 0 unspecified atom stereocenters. The van der Waals surface area contributed by atoms with Crippen molar-refractivity contribution in [2.45, 2.75) is 25.9 Å². The molecule has 8 heteroatoms. The van der Waals surface area contributed by atoms with E-state index < -0.39 is 6.09 Å². The summed E-state index contributed by atoms with van der Waals surface area (Å²) in [6.45, 7) is 0.335. The second-order valence-corrected chi connectivity index (χ2v) is 5.28. The van der Waals surface area contributed by atoms with Gasteiger partial charge in [0.25, 0.3) is 0 Å². The van der Waals surface area contributed by atoms with E-state index in [9.17, 15) is 4.79 Å². The second kappa shape index (κ2) is 7.01. The van der Waals surface area contributed by atoms with E-state index in [0.29, 0.717) is 5.13 Å². The maximum absolute atomic E-state index is 10.5. The molecule has 0 spiro atoms. The minimum absolute atomic E-state index is 0.123. The van der Waals surface area contributed by atoms with Crippen molar-refractivity contribution >= 4 is 17.4 Å². The van der Waals surface area contributed by atoms with Crippen molar-refractivity contribution in [3.05, 3.63) is 29.0 Å². The zero-order valence-electron chi connectivity index (χ0n) is 10.9. The van der Waals surface area contributed by atoms with E-state index in [1.807, 2.05) is 6.20 Å². The van der Waals surface area contributed by atoms with E-state index in [0.717, 1.165) is 29.7 Å². The lowest BCUT2D eigenvalue weighted by atomic mass is 10.2. The molecule has 1 amide bonds. The molecular weight excluding hydrogens is 280 g/mol. The van der Waals surface area contributed by atoms with E-state index in [1.165, 1.54) is 11.3 Å². The highest BCUT2D eigenvalue weighted by atomic mass is 32.1. The lowest BCUT2D eigenvalue weighted by Gasteiger charge is -1.96. The van der Waals surface area contributed by atoms with Gasteiger partial charge in [-0.25, -0.2) is 14.5 Å². The van der Waals surface area contributed by atoms with Gasteiger partial charge in [-0.15, -0.1) is 0 Å². The van der Waals surface area contributed by atoms with Crippen molar-refractivity contribution in [3.63, 3.8) is 0 Å². The van der Waals surface area contributed by atoms with E-state index >= 15 is 0 Å². The van der Waals surface area contributed by atoms with Crippen LogP contribution >= 0.6 is 11.3 Å². The molecule has 0 aliphatic carbocycles. The van der Waals surface area contributed by atoms with E-state index in [1.54, 1.807) is 17.1 Å². The minimum atomic E-state index is -0.801. The fourth-order valence-corrected chi connectivity index (χ4v) is 2.40. The number of nitrogens with two attached hydrogens (primary N) is 1. The first-order valence-corrected chi connectivity index (χ1v) is 7.02. The molecule has 2 aromatic heterocycles. The SMILES string of the molecule is NC(=O)OCc1cnc(-n2cc(CCCCO)cn2)s1. The van der Waals surface area contributed by atoms with Crippen molar-refractivity contribution in [2.24, 2.45) is 5.73 Å². The normalized spacial score (nSPS) is 10.7. The smallest absolute Gasteiger partial charge is 0.404 e. The summed E-state index contributed by atoms with van der Waals surface area (Å²) >= 11 is 1.39. The van der Waals surface area contributed by atoms with Crippen LogP contribution in [0.15, 0.2) is 18.6 Å². The van der Waals surface area contributed by atoms with Gasteiger partial charge < -0.3 is 15.6 Å². The number of rotatable bonds is 7. The third kappa shape index (κ3) is 4.04. The molecule has 20 heavy (non-hydrogen) atoms. The van der Waals surface area contributed by atoms with Gasteiger partial charge in [0.1, 0.15) is 6.61 Å². The topological polar surface area (TPSA) is 103 Å². The number of primary amides is 1. The van der Waals surface area contributed by atoms with E-state index in [4.69, 9.17) is 15.6 Å². The summed E-state index contributed by atoms with van der Waals surface area (Å²) < 4.78 is 6.39. The monoisotopic (exact) mass is 296 g/mol. The molecule has 0 atom stereocenters. The molecular formula is C12H16N4O3S. The van der Waals surface area contributed by atoms with Crippen molar-refractivity contribution < 1.29 is 14.6 Å². The number of ether oxygens (including phenoxy) is 1. The van der Waals surface area contributed by atoms with Crippen LogP contribution in [-0.2, 0) is 17.8 Å². The number of aliphatic hydroxyl groups is 1. The van der Waals surface area contributed by atoms with Crippen LogP contribution in [-0.4, -0.2) is 32.6 Å². The number of carbonyl (C=O) groups excluding carboxylic acids is 1. The van der Waals surface area contributed by atoms with Crippen LogP contribution in [0.2, 0.25) is 0 Å². The van der Waals surface area contributed by atoms with Crippen LogP contribution in [0.3, 0.4) is 0 Å². The zero-order valence-corrected chi connectivity index (χ0v) is 11.7. The fraction of sp³-hybridized carbons (Fsp3) is 0.417. The zero-order chi connectivity index (χ0) is 14.4. The van der Waals surface area contributed by atoms with Gasteiger partial charge in [-0.1, -0.05) is 11.3 Å². The minimum Gasteiger partial charge on any atom is -0.444 e. The van der Waals surface area contributed by atoms with Crippen LogP contribution in [0, 0.1) is 0 Å². The van der Waals surface area contributed by atoms with Gasteiger partial charge in [-0.05, 0) is 24.8 Å². The Labute approximate surface area is 120 Å². The number of nitrogens with zero attached hydrogens (tertiary/aromatic N) is 3. The summed E-state index contributed by atoms with van der Waals surface area (Å²) in [6.07, 6.45) is 7.13. The van der Waals surface area contributed by atoms with Crippen LogP contribution in [0.5, 0.6) is 0 Å². The summed E-state index contributed by atoms with van der Waals surface area (Å²) in [6, 6.07) is 0. The van der Waals surface area contributed by atoms with Gasteiger partial charge >= 0.3 is 6.09 Å². The molecule has 0 radical (unpaired) electrons. The number of aliphatic hydroxyl groups excluding tert-OH is 1. The predicted octanol–water partition coefficient (Wildman–Crippen LogP) is 1.24. The van der Waals surface area contributed by atoms with E-state index in [-0.39, 0.29) is 13.2 Å². The first-order valence-electron chi connectivity index (χ1n) is 6.21. The number of hydrogen-bond donors (Lipinski definition) is 2. The van der Waals surface area contributed by atoms with Gasteiger partial charge in [0.05, 0.1) is 11.1 Å². The van der Waals surface area contributed by atoms with Crippen LogP contribution in [0.4, 0.5) is 4.79 Å². The Morgan fingerprint density at radius 1 is 1.45 bits per heavy atom. The van der Waals surface area contributed by atoms with Crippen LogP contribution in [0.25, 0.3) is 5.13 Å². The Kier molecular flexibility index (Phi) is 5.08. The summed E-state index contributed by atoms with van der Waals surface area (Å²) in [4.78, 5) is 15.5. The largest absolute Gasteiger partial charge is 0.444 e. The fourth-order valence-electron chi connectivity index (χ4n) is 1.65. The lowest BCUT2D eigenvalue weighted by molar-refractivity contribution is 0.151. The van der Waals surface area contributed by atoms with Gasteiger partial charge in [0.2, 0.25) is 5.13 Å². The Morgan fingerprint density at radius 2 is 2.30 bits per heavy atom. The Hall–Kier alpha value is -1.93. The molecule has 0 aliphatic rings. The Morgan fingerprint density at radius 3 is 3.05 bits per heavy atom. The van der Waals surface area contributed by atoms with E-state index in [2.05, 4.69) is 10.1 Å².